The van der Waals surface area contributed by atoms with Crippen LogP contribution in [0.4, 0.5) is 23.5 Å². The van der Waals surface area contributed by atoms with Crippen LogP contribution in [0.3, 0.4) is 0 Å². The van der Waals surface area contributed by atoms with Crippen molar-refractivity contribution in [2.24, 2.45) is 5.10 Å². The fourth-order valence-corrected chi connectivity index (χ4v) is 2.67. The number of hydrogen-bond acceptors (Lipinski definition) is 8. The summed E-state index contributed by atoms with van der Waals surface area (Å²) in [6.07, 6.45) is 0. The molecule has 0 fully saturated rings. The largest absolute Gasteiger partial charge is 0.350 e. The number of carbonyl (C=O) groups excluding carboxylic acids is 1. The predicted molar refractivity (Wildman–Crippen MR) is 125 cm³/mol. The molecule has 0 radical (unpaired) electrons. The number of carbonyl (C=O) groups is 1. The maximum atomic E-state index is 11.1. The van der Waals surface area contributed by atoms with Gasteiger partial charge >= 0.3 is 0 Å². The van der Waals surface area contributed by atoms with Gasteiger partial charge in [-0.15, -0.1) is 0 Å². The van der Waals surface area contributed by atoms with Crippen LogP contribution in [0.25, 0.3) is 0 Å². The highest BCUT2D eigenvalue weighted by molar-refractivity contribution is 5.99. The third kappa shape index (κ3) is 6.49. The fourth-order valence-electron chi connectivity index (χ4n) is 2.67. The summed E-state index contributed by atoms with van der Waals surface area (Å²) < 4.78 is 0. The Kier molecular flexibility index (Phi) is 7.10. The van der Waals surface area contributed by atoms with E-state index in [2.05, 4.69) is 36.1 Å². The number of aromatic nitrogens is 3. The Morgan fingerprint density at radius 1 is 0.935 bits per heavy atom. The molecule has 0 bridgehead atoms. The van der Waals surface area contributed by atoms with E-state index in [0.717, 1.165) is 22.5 Å². The normalized spacial score (nSPS) is 11.0. The molecule has 31 heavy (non-hydrogen) atoms. The van der Waals surface area contributed by atoms with Crippen LogP contribution in [-0.4, -0.2) is 40.7 Å². The van der Waals surface area contributed by atoms with Crippen LogP contribution in [0, 0.1) is 0 Å². The maximum absolute atomic E-state index is 11.1. The lowest BCUT2D eigenvalue weighted by Crippen LogP contribution is -2.16. The molecule has 0 spiro atoms. The van der Waals surface area contributed by atoms with Gasteiger partial charge in [0.05, 0.1) is 5.71 Å². The number of hydrazone groups is 1. The van der Waals surface area contributed by atoms with Gasteiger partial charge in [-0.05, 0) is 30.2 Å². The highest BCUT2D eigenvalue weighted by Crippen LogP contribution is 2.14. The molecule has 9 heteroatoms. The quantitative estimate of drug-likeness (QED) is 0.380. The Morgan fingerprint density at radius 3 is 2.26 bits per heavy atom. The standard InChI is InChI=1S/C22H26N8O/c1-15(18-10-12-19(13-11-18)24-16(2)31)28-29-21-25-20(26-22(27-21)30(3)4)23-14-17-8-6-5-7-9-17/h5-13H,14H2,1-4H3,(H,24,31)(H2,23,25,26,27,29)/b28-15+. The van der Waals surface area contributed by atoms with E-state index >= 15 is 0 Å². The van der Waals surface area contributed by atoms with Crippen molar-refractivity contribution in [2.75, 3.05) is 35.1 Å². The van der Waals surface area contributed by atoms with E-state index in [1.54, 1.807) is 4.90 Å². The first-order valence-electron chi connectivity index (χ1n) is 9.80. The van der Waals surface area contributed by atoms with Crippen molar-refractivity contribution in [2.45, 2.75) is 20.4 Å². The summed E-state index contributed by atoms with van der Waals surface area (Å²) in [5, 5.41) is 10.4. The van der Waals surface area contributed by atoms with E-state index in [4.69, 9.17) is 0 Å². The van der Waals surface area contributed by atoms with Crippen molar-refractivity contribution in [3.63, 3.8) is 0 Å². The Balaban J connectivity index is 1.73. The number of hydrogen-bond donors (Lipinski definition) is 3. The van der Waals surface area contributed by atoms with Crippen LogP contribution in [-0.2, 0) is 11.3 Å². The average molecular weight is 419 g/mol. The summed E-state index contributed by atoms with van der Waals surface area (Å²) in [4.78, 5) is 26.2. The molecule has 2 aromatic carbocycles. The topological polar surface area (TPSA) is 107 Å². The van der Waals surface area contributed by atoms with Gasteiger partial charge in [0.15, 0.2) is 0 Å². The zero-order chi connectivity index (χ0) is 22.2. The van der Waals surface area contributed by atoms with Gasteiger partial charge in [0.2, 0.25) is 23.8 Å². The molecular formula is C22H26N8O. The summed E-state index contributed by atoms with van der Waals surface area (Å²) in [7, 11) is 3.73. The van der Waals surface area contributed by atoms with Crippen LogP contribution in [0.15, 0.2) is 59.7 Å². The minimum atomic E-state index is -0.108. The molecule has 0 saturated carbocycles. The van der Waals surface area contributed by atoms with Crippen molar-refractivity contribution in [1.82, 2.24) is 15.0 Å². The molecule has 160 valence electrons. The second kappa shape index (κ2) is 10.1. The molecule has 0 aliphatic rings. The van der Waals surface area contributed by atoms with Gasteiger partial charge in [0, 0.05) is 33.3 Å². The Bertz CT molecular complexity index is 1050. The summed E-state index contributed by atoms with van der Waals surface area (Å²) in [6.45, 7) is 3.95. The Labute approximate surface area is 181 Å². The summed E-state index contributed by atoms with van der Waals surface area (Å²) >= 11 is 0. The molecule has 1 aromatic heterocycles. The van der Waals surface area contributed by atoms with E-state index in [1.807, 2.05) is 75.6 Å². The van der Waals surface area contributed by atoms with Gasteiger partial charge in [-0.1, -0.05) is 42.5 Å². The average Bonchev–Trinajstić information content (AvgIpc) is 2.76. The van der Waals surface area contributed by atoms with Gasteiger partial charge in [0.25, 0.3) is 0 Å². The van der Waals surface area contributed by atoms with Crippen LogP contribution >= 0.6 is 0 Å². The second-order valence-corrected chi connectivity index (χ2v) is 7.08. The SMILES string of the molecule is CC(=O)Nc1ccc(/C(C)=N/Nc2nc(NCc3ccccc3)nc(N(C)C)n2)cc1. The Morgan fingerprint density at radius 2 is 1.61 bits per heavy atom. The lowest BCUT2D eigenvalue weighted by Gasteiger charge is -2.13. The molecule has 3 aromatic rings. The van der Waals surface area contributed by atoms with Crippen LogP contribution in [0.1, 0.15) is 25.0 Å². The third-order valence-corrected chi connectivity index (χ3v) is 4.26. The molecular weight excluding hydrogens is 392 g/mol. The molecule has 1 amide bonds. The lowest BCUT2D eigenvalue weighted by molar-refractivity contribution is -0.114. The number of nitrogens with zero attached hydrogens (tertiary/aromatic N) is 5. The van der Waals surface area contributed by atoms with Gasteiger partial charge < -0.3 is 15.5 Å². The van der Waals surface area contributed by atoms with Crippen LogP contribution < -0.4 is 21.0 Å². The van der Waals surface area contributed by atoms with Crippen LogP contribution in [0.2, 0.25) is 0 Å². The van der Waals surface area contributed by atoms with Crippen molar-refractivity contribution in [3.8, 4) is 0 Å². The molecule has 9 nitrogen and oxygen atoms in total. The first-order chi connectivity index (χ1) is 14.9. The van der Waals surface area contributed by atoms with E-state index in [0.29, 0.717) is 24.4 Å². The van der Waals surface area contributed by atoms with E-state index in [1.165, 1.54) is 6.92 Å². The summed E-state index contributed by atoms with van der Waals surface area (Å²) in [5.41, 5.74) is 6.43. The summed E-state index contributed by atoms with van der Waals surface area (Å²) in [6, 6.07) is 17.5. The van der Waals surface area contributed by atoms with Gasteiger partial charge in [-0.3, -0.25) is 4.79 Å². The molecule has 0 unspecified atom stereocenters. The highest BCUT2D eigenvalue weighted by atomic mass is 16.1. The lowest BCUT2D eigenvalue weighted by atomic mass is 10.1. The smallest absolute Gasteiger partial charge is 0.250 e. The van der Waals surface area contributed by atoms with Crippen LogP contribution in [0.5, 0.6) is 0 Å². The minimum absolute atomic E-state index is 0.108. The van der Waals surface area contributed by atoms with E-state index in [-0.39, 0.29) is 5.91 Å². The minimum Gasteiger partial charge on any atom is -0.350 e. The zero-order valence-electron chi connectivity index (χ0n) is 18.0. The number of nitrogens with one attached hydrogen (secondary N) is 3. The van der Waals surface area contributed by atoms with Crippen molar-refractivity contribution >= 4 is 35.2 Å². The van der Waals surface area contributed by atoms with E-state index in [9.17, 15) is 4.79 Å². The van der Waals surface area contributed by atoms with Crippen molar-refractivity contribution in [1.29, 1.82) is 0 Å². The van der Waals surface area contributed by atoms with Gasteiger partial charge in [0.1, 0.15) is 0 Å². The maximum Gasteiger partial charge on any atom is 0.250 e. The molecule has 3 N–H and O–H groups in total. The monoisotopic (exact) mass is 418 g/mol. The van der Waals surface area contributed by atoms with Crippen molar-refractivity contribution in [3.05, 3.63) is 65.7 Å². The molecule has 0 saturated heterocycles. The Hall–Kier alpha value is -4.01. The summed E-state index contributed by atoms with van der Waals surface area (Å²) in [5.74, 6) is 1.20. The molecule has 1 heterocycles. The number of anilines is 4. The van der Waals surface area contributed by atoms with E-state index < -0.39 is 0 Å². The molecule has 3 rings (SSSR count). The number of rotatable bonds is 8. The molecule has 0 atom stereocenters. The predicted octanol–water partition coefficient (Wildman–Crippen LogP) is 3.34. The third-order valence-electron chi connectivity index (χ3n) is 4.26. The fraction of sp³-hybridized carbons (Fsp3) is 0.227. The second-order valence-electron chi connectivity index (χ2n) is 7.08. The highest BCUT2D eigenvalue weighted by Gasteiger charge is 2.08. The first kappa shape index (κ1) is 21.7. The molecule has 0 aliphatic heterocycles. The zero-order valence-corrected chi connectivity index (χ0v) is 18.0. The van der Waals surface area contributed by atoms with Gasteiger partial charge in [-0.25, -0.2) is 5.43 Å². The molecule has 0 aliphatic carbocycles. The van der Waals surface area contributed by atoms with Gasteiger partial charge in [-0.2, -0.15) is 20.1 Å². The number of amides is 1. The first-order valence-corrected chi connectivity index (χ1v) is 9.80. The number of benzene rings is 2. The van der Waals surface area contributed by atoms with Crippen molar-refractivity contribution < 1.29 is 4.79 Å².